The van der Waals surface area contributed by atoms with Crippen LogP contribution in [0, 0.1) is 0 Å². The van der Waals surface area contributed by atoms with E-state index in [9.17, 15) is 0 Å². The average Bonchev–Trinajstić information content (AvgIpc) is 2.67. The average molecular weight is 324 g/mol. The van der Waals surface area contributed by atoms with Crippen LogP contribution in [0.3, 0.4) is 0 Å². The Kier molecular flexibility index (Phi) is 3.99. The van der Waals surface area contributed by atoms with E-state index < -0.39 is 0 Å². The Bertz CT molecular complexity index is 1090. The molecule has 0 aliphatic rings. The molecule has 0 bridgehead atoms. The Labute approximate surface area is 148 Å². The third-order valence-corrected chi connectivity index (χ3v) is 4.66. The minimum absolute atomic E-state index is 0.877. The quantitative estimate of drug-likeness (QED) is 0.381. The molecule has 0 saturated heterocycles. The van der Waals surface area contributed by atoms with Crippen LogP contribution in [-0.4, -0.2) is 7.11 Å². The Morgan fingerprint density at radius 2 is 1.44 bits per heavy atom. The molecule has 0 unspecified atom stereocenters. The van der Waals surface area contributed by atoms with E-state index in [0.717, 1.165) is 5.75 Å². The smallest absolute Gasteiger partial charge is 0.119 e. The Hall–Kier alpha value is -3.06. The molecule has 0 saturated carbocycles. The molecule has 0 atom stereocenters. The van der Waals surface area contributed by atoms with Crippen LogP contribution in [0.15, 0.2) is 78.9 Å². The summed E-state index contributed by atoms with van der Waals surface area (Å²) in [5.41, 5.74) is 3.65. The molecular formula is C24H20O. The van der Waals surface area contributed by atoms with E-state index in [1.165, 1.54) is 38.2 Å². The highest BCUT2D eigenvalue weighted by Crippen LogP contribution is 2.37. The zero-order chi connectivity index (χ0) is 17.2. The van der Waals surface area contributed by atoms with Gasteiger partial charge in [0.2, 0.25) is 0 Å². The lowest BCUT2D eigenvalue weighted by Crippen LogP contribution is -1.90. The van der Waals surface area contributed by atoms with Crippen LogP contribution in [0.25, 0.3) is 38.7 Å². The first-order valence-corrected chi connectivity index (χ1v) is 8.53. The number of hydrogen-bond acceptors (Lipinski definition) is 1. The van der Waals surface area contributed by atoms with Gasteiger partial charge in [-0.15, -0.1) is 0 Å². The van der Waals surface area contributed by atoms with Gasteiger partial charge >= 0.3 is 0 Å². The number of methoxy groups -OCH3 is 1. The summed E-state index contributed by atoms with van der Waals surface area (Å²) in [4.78, 5) is 0. The predicted octanol–water partition coefficient (Wildman–Crippen LogP) is 6.70. The van der Waals surface area contributed by atoms with Gasteiger partial charge in [-0.1, -0.05) is 66.7 Å². The van der Waals surface area contributed by atoms with Crippen LogP contribution in [0.1, 0.15) is 12.5 Å². The van der Waals surface area contributed by atoms with E-state index in [4.69, 9.17) is 4.74 Å². The largest absolute Gasteiger partial charge is 0.497 e. The van der Waals surface area contributed by atoms with Crippen LogP contribution >= 0.6 is 0 Å². The molecular weight excluding hydrogens is 304 g/mol. The van der Waals surface area contributed by atoms with E-state index in [-0.39, 0.29) is 0 Å². The first-order chi connectivity index (χ1) is 12.3. The summed E-state index contributed by atoms with van der Waals surface area (Å²) in [6.07, 6.45) is 4.21. The summed E-state index contributed by atoms with van der Waals surface area (Å²) >= 11 is 0. The molecule has 1 nitrogen and oxygen atoms in total. The summed E-state index contributed by atoms with van der Waals surface area (Å²) in [5, 5.41) is 5.12. The Morgan fingerprint density at radius 1 is 0.720 bits per heavy atom. The third kappa shape index (κ3) is 2.68. The number of hydrogen-bond donors (Lipinski definition) is 0. The van der Waals surface area contributed by atoms with Crippen LogP contribution in [0.2, 0.25) is 0 Å². The Balaban J connectivity index is 2.10. The molecule has 4 rings (SSSR count). The zero-order valence-corrected chi connectivity index (χ0v) is 14.5. The molecule has 4 aromatic rings. The monoisotopic (exact) mass is 324 g/mol. The van der Waals surface area contributed by atoms with Crippen LogP contribution in [0.4, 0.5) is 0 Å². The molecule has 122 valence electrons. The number of rotatable bonds is 3. The standard InChI is InChI=1S/C24H20O/c1-3-8-17-15-19(25-2)13-14-21(17)24-16-18-9-4-5-10-20(18)22-11-6-7-12-23(22)24/h3-16H,1-2H3/b8-3+. The highest BCUT2D eigenvalue weighted by Gasteiger charge is 2.11. The van der Waals surface area contributed by atoms with Crippen molar-refractivity contribution < 1.29 is 4.74 Å². The molecule has 25 heavy (non-hydrogen) atoms. The van der Waals surface area contributed by atoms with Gasteiger partial charge in [-0.2, -0.15) is 0 Å². The summed E-state index contributed by atoms with van der Waals surface area (Å²) in [6, 6.07) is 25.8. The maximum atomic E-state index is 5.42. The SMILES string of the molecule is C/C=C/c1cc(OC)ccc1-c1cc2ccccc2c2ccccc12. The molecule has 0 N–H and O–H groups in total. The van der Waals surface area contributed by atoms with Gasteiger partial charge in [0.1, 0.15) is 5.75 Å². The second-order valence-corrected chi connectivity index (χ2v) is 6.14. The highest BCUT2D eigenvalue weighted by atomic mass is 16.5. The van der Waals surface area contributed by atoms with Crippen molar-refractivity contribution in [3.8, 4) is 16.9 Å². The summed E-state index contributed by atoms with van der Waals surface area (Å²) in [6.45, 7) is 2.04. The summed E-state index contributed by atoms with van der Waals surface area (Å²) < 4.78 is 5.42. The van der Waals surface area contributed by atoms with Crippen molar-refractivity contribution in [3.63, 3.8) is 0 Å². The van der Waals surface area contributed by atoms with Crippen molar-refractivity contribution in [3.05, 3.63) is 84.4 Å². The van der Waals surface area contributed by atoms with Crippen LogP contribution < -0.4 is 4.74 Å². The molecule has 0 radical (unpaired) electrons. The van der Waals surface area contributed by atoms with Gasteiger partial charge in [0.15, 0.2) is 0 Å². The third-order valence-electron chi connectivity index (χ3n) is 4.66. The number of fused-ring (bicyclic) bond motifs is 3. The van der Waals surface area contributed by atoms with Gasteiger partial charge in [-0.3, -0.25) is 0 Å². The first-order valence-electron chi connectivity index (χ1n) is 8.53. The predicted molar refractivity (Wildman–Crippen MR) is 108 cm³/mol. The number of ether oxygens (including phenoxy) is 1. The molecule has 0 fully saturated rings. The van der Waals surface area contributed by atoms with Crippen molar-refractivity contribution in [1.29, 1.82) is 0 Å². The van der Waals surface area contributed by atoms with Gasteiger partial charge in [-0.05, 0) is 63.4 Å². The van der Waals surface area contributed by atoms with Gasteiger partial charge in [-0.25, -0.2) is 0 Å². The lowest BCUT2D eigenvalue weighted by Gasteiger charge is -2.14. The first kappa shape index (κ1) is 15.5. The van der Waals surface area contributed by atoms with E-state index in [0.29, 0.717) is 0 Å². The fourth-order valence-corrected chi connectivity index (χ4v) is 3.51. The van der Waals surface area contributed by atoms with Crippen molar-refractivity contribution in [2.24, 2.45) is 0 Å². The highest BCUT2D eigenvalue weighted by molar-refractivity contribution is 6.14. The van der Waals surface area contributed by atoms with E-state index in [2.05, 4.69) is 78.9 Å². The topological polar surface area (TPSA) is 9.23 Å². The lowest BCUT2D eigenvalue weighted by molar-refractivity contribution is 0.415. The van der Waals surface area contributed by atoms with Gasteiger partial charge in [0.25, 0.3) is 0 Å². The summed E-state index contributed by atoms with van der Waals surface area (Å²) in [5.74, 6) is 0.877. The fourth-order valence-electron chi connectivity index (χ4n) is 3.51. The van der Waals surface area contributed by atoms with Gasteiger partial charge in [0, 0.05) is 0 Å². The summed E-state index contributed by atoms with van der Waals surface area (Å²) in [7, 11) is 1.71. The van der Waals surface area contributed by atoms with E-state index >= 15 is 0 Å². The molecule has 0 aliphatic heterocycles. The second-order valence-electron chi connectivity index (χ2n) is 6.14. The second kappa shape index (κ2) is 6.45. The molecule has 0 amide bonds. The van der Waals surface area contributed by atoms with Crippen molar-refractivity contribution >= 4 is 27.6 Å². The zero-order valence-electron chi connectivity index (χ0n) is 14.5. The van der Waals surface area contributed by atoms with Crippen molar-refractivity contribution in [2.45, 2.75) is 6.92 Å². The molecule has 4 aromatic carbocycles. The lowest BCUT2D eigenvalue weighted by atomic mass is 9.91. The fraction of sp³-hybridized carbons (Fsp3) is 0.0833. The maximum absolute atomic E-state index is 5.42. The molecule has 0 heterocycles. The van der Waals surface area contributed by atoms with Crippen molar-refractivity contribution in [2.75, 3.05) is 7.11 Å². The number of benzene rings is 4. The van der Waals surface area contributed by atoms with Gasteiger partial charge < -0.3 is 4.74 Å². The van der Waals surface area contributed by atoms with Crippen LogP contribution in [-0.2, 0) is 0 Å². The van der Waals surface area contributed by atoms with Crippen molar-refractivity contribution in [1.82, 2.24) is 0 Å². The minimum atomic E-state index is 0.877. The van der Waals surface area contributed by atoms with Crippen LogP contribution in [0.5, 0.6) is 5.75 Å². The van der Waals surface area contributed by atoms with E-state index in [1.54, 1.807) is 7.11 Å². The number of allylic oxidation sites excluding steroid dienone is 1. The Morgan fingerprint density at radius 3 is 2.20 bits per heavy atom. The minimum Gasteiger partial charge on any atom is -0.497 e. The maximum Gasteiger partial charge on any atom is 0.119 e. The molecule has 0 aliphatic carbocycles. The molecule has 0 spiro atoms. The molecule has 1 heteroatoms. The van der Waals surface area contributed by atoms with Gasteiger partial charge in [0.05, 0.1) is 7.11 Å². The normalized spacial score (nSPS) is 11.4. The molecule has 0 aromatic heterocycles. The van der Waals surface area contributed by atoms with E-state index in [1.807, 2.05) is 13.0 Å².